The Balaban J connectivity index is 2.28. The maximum absolute atomic E-state index is 13.2. The quantitative estimate of drug-likeness (QED) is 0.826. The predicted molar refractivity (Wildman–Crippen MR) is 54.5 cm³/mol. The van der Waals surface area contributed by atoms with Crippen LogP contribution >= 0.6 is 15.9 Å². The van der Waals surface area contributed by atoms with E-state index in [1.807, 2.05) is 0 Å². The Kier molecular flexibility index (Phi) is 2.73. The fourth-order valence-electron chi connectivity index (χ4n) is 1.21. The molecule has 0 aromatic heterocycles. The summed E-state index contributed by atoms with van der Waals surface area (Å²) in [5.41, 5.74) is -0.256. The summed E-state index contributed by atoms with van der Waals surface area (Å²) in [5, 5.41) is 2.60. The highest BCUT2D eigenvalue weighted by Gasteiger charge is 2.26. The first kappa shape index (κ1) is 10.5. The molecular weight excluding hydrogens is 268 g/mol. The zero-order valence-electron chi connectivity index (χ0n) is 7.69. The third-order valence-corrected chi connectivity index (χ3v) is 2.61. The lowest BCUT2D eigenvalue weighted by molar-refractivity contribution is 0.0946. The van der Waals surface area contributed by atoms with E-state index >= 15 is 0 Å². The second kappa shape index (κ2) is 3.89. The molecule has 1 fully saturated rings. The molecule has 1 N–H and O–H groups in total. The van der Waals surface area contributed by atoms with Gasteiger partial charge in [0.05, 0.1) is 5.56 Å². The third-order valence-electron chi connectivity index (χ3n) is 2.15. The Bertz CT molecular complexity index is 418. The van der Waals surface area contributed by atoms with E-state index in [1.165, 1.54) is 6.07 Å². The Morgan fingerprint density at radius 2 is 2.07 bits per heavy atom. The van der Waals surface area contributed by atoms with Gasteiger partial charge in [-0.2, -0.15) is 0 Å². The molecule has 0 saturated heterocycles. The SMILES string of the molecule is O=C(NC1CC1)c1cc(Br)cc(F)c1F. The highest BCUT2D eigenvalue weighted by atomic mass is 79.9. The lowest BCUT2D eigenvalue weighted by Gasteiger charge is -2.05. The van der Waals surface area contributed by atoms with E-state index < -0.39 is 17.5 Å². The van der Waals surface area contributed by atoms with Crippen LogP contribution in [-0.2, 0) is 0 Å². The normalized spacial score (nSPS) is 15.1. The molecule has 2 rings (SSSR count). The van der Waals surface area contributed by atoms with Crippen LogP contribution in [0.15, 0.2) is 16.6 Å². The van der Waals surface area contributed by atoms with E-state index in [0.29, 0.717) is 4.47 Å². The average Bonchev–Trinajstić information content (AvgIpc) is 2.94. The monoisotopic (exact) mass is 275 g/mol. The second-order valence-electron chi connectivity index (χ2n) is 3.50. The van der Waals surface area contributed by atoms with Gasteiger partial charge in [0, 0.05) is 10.5 Å². The number of hydrogen-bond acceptors (Lipinski definition) is 1. The summed E-state index contributed by atoms with van der Waals surface area (Å²) in [4.78, 5) is 11.5. The van der Waals surface area contributed by atoms with E-state index in [0.717, 1.165) is 18.9 Å². The van der Waals surface area contributed by atoms with Crippen LogP contribution < -0.4 is 5.32 Å². The number of rotatable bonds is 2. The second-order valence-corrected chi connectivity index (χ2v) is 4.41. The van der Waals surface area contributed by atoms with Gasteiger partial charge in [-0.05, 0) is 25.0 Å². The number of nitrogens with one attached hydrogen (secondary N) is 1. The van der Waals surface area contributed by atoms with Crippen LogP contribution in [0.25, 0.3) is 0 Å². The highest BCUT2D eigenvalue weighted by molar-refractivity contribution is 9.10. The van der Waals surface area contributed by atoms with Crippen LogP contribution in [0.2, 0.25) is 0 Å². The molecule has 0 spiro atoms. The molecule has 1 amide bonds. The number of carbonyl (C=O) groups excluding carboxylic acids is 1. The molecule has 0 aliphatic heterocycles. The standard InChI is InChI=1S/C10H8BrF2NO/c11-5-3-7(9(13)8(12)4-5)10(15)14-6-1-2-6/h3-4,6H,1-2H2,(H,14,15). The molecule has 1 aliphatic carbocycles. The van der Waals surface area contributed by atoms with Crippen LogP contribution in [0.5, 0.6) is 0 Å². The first-order valence-electron chi connectivity index (χ1n) is 4.53. The molecule has 1 aliphatic rings. The highest BCUT2D eigenvalue weighted by Crippen LogP contribution is 2.22. The Hall–Kier alpha value is -0.970. The summed E-state index contributed by atoms with van der Waals surface area (Å²) in [6.07, 6.45) is 1.81. The van der Waals surface area contributed by atoms with Gasteiger partial charge in [-0.15, -0.1) is 0 Å². The topological polar surface area (TPSA) is 29.1 Å². The minimum atomic E-state index is -1.10. The molecule has 0 heterocycles. The van der Waals surface area contributed by atoms with Crippen molar-refractivity contribution >= 4 is 21.8 Å². The molecule has 15 heavy (non-hydrogen) atoms. The van der Waals surface area contributed by atoms with Crippen LogP contribution in [0.4, 0.5) is 8.78 Å². The summed E-state index contributed by atoms with van der Waals surface area (Å²) in [6, 6.07) is 2.39. The van der Waals surface area contributed by atoms with Crippen LogP contribution in [0, 0.1) is 11.6 Å². The molecule has 1 aromatic rings. The number of halogens is 3. The summed E-state index contributed by atoms with van der Waals surface area (Å²) >= 11 is 3.01. The summed E-state index contributed by atoms with van der Waals surface area (Å²) in [7, 11) is 0. The zero-order chi connectivity index (χ0) is 11.0. The molecule has 5 heteroatoms. The van der Waals surface area contributed by atoms with Gasteiger partial charge in [0.2, 0.25) is 0 Å². The fraction of sp³-hybridized carbons (Fsp3) is 0.300. The Morgan fingerprint density at radius 1 is 1.40 bits per heavy atom. The van der Waals surface area contributed by atoms with Crippen molar-refractivity contribution in [3.05, 3.63) is 33.8 Å². The largest absolute Gasteiger partial charge is 0.349 e. The Labute approximate surface area is 93.8 Å². The minimum absolute atomic E-state index is 0.124. The van der Waals surface area contributed by atoms with Crippen molar-refractivity contribution in [3.8, 4) is 0 Å². The van der Waals surface area contributed by atoms with E-state index in [1.54, 1.807) is 0 Å². The lowest BCUT2D eigenvalue weighted by Crippen LogP contribution is -2.26. The average molecular weight is 276 g/mol. The van der Waals surface area contributed by atoms with Gasteiger partial charge in [-0.3, -0.25) is 4.79 Å². The van der Waals surface area contributed by atoms with Crippen LogP contribution in [0.1, 0.15) is 23.2 Å². The number of benzene rings is 1. The van der Waals surface area contributed by atoms with Gasteiger partial charge in [0.25, 0.3) is 5.91 Å². The molecule has 2 nitrogen and oxygen atoms in total. The van der Waals surface area contributed by atoms with Crippen molar-refractivity contribution in [2.45, 2.75) is 18.9 Å². The maximum atomic E-state index is 13.2. The van der Waals surface area contributed by atoms with Crippen molar-refractivity contribution in [3.63, 3.8) is 0 Å². The van der Waals surface area contributed by atoms with Gasteiger partial charge in [0.1, 0.15) is 0 Å². The van der Waals surface area contributed by atoms with Gasteiger partial charge in [-0.25, -0.2) is 8.78 Å². The molecule has 1 aromatic carbocycles. The third kappa shape index (κ3) is 2.34. The summed E-state index contributed by atoms with van der Waals surface area (Å²) in [5.74, 6) is -2.68. The van der Waals surface area contributed by atoms with Crippen molar-refractivity contribution < 1.29 is 13.6 Å². The molecular formula is C10H8BrF2NO. The van der Waals surface area contributed by atoms with Crippen molar-refractivity contribution in [1.29, 1.82) is 0 Å². The maximum Gasteiger partial charge on any atom is 0.254 e. The fourth-order valence-corrected chi connectivity index (χ4v) is 1.64. The molecule has 0 radical (unpaired) electrons. The molecule has 0 atom stereocenters. The van der Waals surface area contributed by atoms with Gasteiger partial charge >= 0.3 is 0 Å². The van der Waals surface area contributed by atoms with E-state index in [4.69, 9.17) is 0 Å². The number of hydrogen-bond donors (Lipinski definition) is 1. The lowest BCUT2D eigenvalue weighted by atomic mass is 10.2. The van der Waals surface area contributed by atoms with Crippen LogP contribution in [-0.4, -0.2) is 11.9 Å². The molecule has 0 bridgehead atoms. The predicted octanol–water partition coefficient (Wildman–Crippen LogP) is 2.62. The molecule has 80 valence electrons. The summed E-state index contributed by atoms with van der Waals surface area (Å²) < 4.78 is 26.6. The van der Waals surface area contributed by atoms with Crippen molar-refractivity contribution in [2.75, 3.05) is 0 Å². The van der Waals surface area contributed by atoms with E-state index in [-0.39, 0.29) is 11.6 Å². The van der Waals surface area contributed by atoms with E-state index in [2.05, 4.69) is 21.2 Å². The zero-order valence-corrected chi connectivity index (χ0v) is 9.27. The van der Waals surface area contributed by atoms with Gasteiger partial charge in [-0.1, -0.05) is 15.9 Å². The Morgan fingerprint density at radius 3 is 2.67 bits per heavy atom. The van der Waals surface area contributed by atoms with Crippen molar-refractivity contribution in [2.24, 2.45) is 0 Å². The smallest absolute Gasteiger partial charge is 0.254 e. The van der Waals surface area contributed by atoms with Crippen LogP contribution in [0.3, 0.4) is 0 Å². The summed E-state index contributed by atoms with van der Waals surface area (Å²) in [6.45, 7) is 0. The first-order valence-corrected chi connectivity index (χ1v) is 5.32. The minimum Gasteiger partial charge on any atom is -0.349 e. The van der Waals surface area contributed by atoms with Crippen molar-refractivity contribution in [1.82, 2.24) is 5.32 Å². The molecule has 1 saturated carbocycles. The number of carbonyl (C=O) groups is 1. The van der Waals surface area contributed by atoms with Gasteiger partial charge < -0.3 is 5.32 Å². The molecule has 0 unspecified atom stereocenters. The van der Waals surface area contributed by atoms with E-state index in [9.17, 15) is 13.6 Å². The first-order chi connectivity index (χ1) is 7.08. The van der Waals surface area contributed by atoms with Gasteiger partial charge in [0.15, 0.2) is 11.6 Å². The number of amides is 1.